The summed E-state index contributed by atoms with van der Waals surface area (Å²) in [4.78, 5) is 19.5. The van der Waals surface area contributed by atoms with E-state index in [9.17, 15) is 4.79 Å². The van der Waals surface area contributed by atoms with Crippen LogP contribution >= 0.6 is 43.6 Å². The summed E-state index contributed by atoms with van der Waals surface area (Å²) >= 11 is 8.62. The molecule has 0 radical (unpaired) electrons. The topological polar surface area (TPSA) is 41.9 Å². The first-order chi connectivity index (χ1) is 13.9. The van der Waals surface area contributed by atoms with Crippen LogP contribution in [0.2, 0.25) is 0 Å². The average Bonchev–Trinajstić information content (AvgIpc) is 2.97. The molecule has 0 N–H and O–H groups in total. The molecule has 0 bridgehead atoms. The SMILES string of the molecule is CCN=C1S/C(=C/c2cc(Br)c(OCc3ccc(C)cc3)c(Br)c2)C(=O)N1CC. The van der Waals surface area contributed by atoms with Crippen LogP contribution in [-0.2, 0) is 11.4 Å². The molecule has 4 nitrogen and oxygen atoms in total. The van der Waals surface area contributed by atoms with Crippen molar-refractivity contribution in [2.75, 3.05) is 13.1 Å². The van der Waals surface area contributed by atoms with E-state index >= 15 is 0 Å². The Bertz CT molecular complexity index is 948. The van der Waals surface area contributed by atoms with E-state index in [1.807, 2.05) is 32.1 Å². The number of hydrogen-bond donors (Lipinski definition) is 0. The summed E-state index contributed by atoms with van der Waals surface area (Å²) in [6.07, 6.45) is 1.90. The smallest absolute Gasteiger partial charge is 0.266 e. The van der Waals surface area contributed by atoms with Gasteiger partial charge in [0, 0.05) is 13.1 Å². The molecule has 1 saturated heterocycles. The lowest BCUT2D eigenvalue weighted by molar-refractivity contribution is -0.122. The minimum Gasteiger partial charge on any atom is -0.487 e. The Kier molecular flexibility index (Phi) is 7.60. The third-order valence-electron chi connectivity index (χ3n) is 4.32. The zero-order valence-electron chi connectivity index (χ0n) is 16.5. The second-order valence-corrected chi connectivity index (χ2v) is 9.22. The molecule has 1 fully saturated rings. The van der Waals surface area contributed by atoms with E-state index in [1.54, 1.807) is 4.90 Å². The summed E-state index contributed by atoms with van der Waals surface area (Å²) in [5.41, 5.74) is 3.24. The molecule has 0 unspecified atom stereocenters. The first kappa shape index (κ1) is 22.1. The van der Waals surface area contributed by atoms with Crippen molar-refractivity contribution in [3.63, 3.8) is 0 Å². The van der Waals surface area contributed by atoms with E-state index in [-0.39, 0.29) is 5.91 Å². The van der Waals surface area contributed by atoms with Crippen LogP contribution in [0.1, 0.15) is 30.5 Å². The summed E-state index contributed by atoms with van der Waals surface area (Å²) in [6, 6.07) is 12.2. The molecule has 0 saturated carbocycles. The number of amides is 1. The van der Waals surface area contributed by atoms with E-state index in [0.29, 0.717) is 24.6 Å². The van der Waals surface area contributed by atoms with Crippen LogP contribution in [-0.4, -0.2) is 29.1 Å². The number of thioether (sulfide) groups is 1. The monoisotopic (exact) mass is 536 g/mol. The van der Waals surface area contributed by atoms with E-state index in [0.717, 1.165) is 31.0 Å². The molecule has 0 spiro atoms. The molecule has 0 aliphatic carbocycles. The van der Waals surface area contributed by atoms with Crippen LogP contribution in [0.4, 0.5) is 0 Å². The van der Waals surface area contributed by atoms with Crippen molar-refractivity contribution in [2.45, 2.75) is 27.4 Å². The molecule has 7 heteroatoms. The number of ether oxygens (including phenoxy) is 1. The van der Waals surface area contributed by atoms with Crippen molar-refractivity contribution < 1.29 is 9.53 Å². The summed E-state index contributed by atoms with van der Waals surface area (Å²) in [7, 11) is 0. The fraction of sp³-hybridized carbons (Fsp3) is 0.273. The van der Waals surface area contributed by atoms with E-state index in [1.165, 1.54) is 17.3 Å². The van der Waals surface area contributed by atoms with Gasteiger partial charge >= 0.3 is 0 Å². The molecule has 1 aliphatic rings. The van der Waals surface area contributed by atoms with Gasteiger partial charge in [0.15, 0.2) is 5.17 Å². The number of likely N-dealkylation sites (N-methyl/N-ethyl adjacent to an activating group) is 1. The van der Waals surface area contributed by atoms with Crippen LogP contribution in [0, 0.1) is 6.92 Å². The number of carbonyl (C=O) groups is 1. The van der Waals surface area contributed by atoms with Crippen molar-refractivity contribution in [3.8, 4) is 5.75 Å². The van der Waals surface area contributed by atoms with Gasteiger partial charge in [0.05, 0.1) is 13.9 Å². The summed E-state index contributed by atoms with van der Waals surface area (Å²) in [6.45, 7) is 7.74. The largest absolute Gasteiger partial charge is 0.487 e. The van der Waals surface area contributed by atoms with E-state index < -0.39 is 0 Å². The lowest BCUT2D eigenvalue weighted by Crippen LogP contribution is -2.28. The van der Waals surface area contributed by atoms with Gasteiger partial charge in [-0.1, -0.05) is 29.8 Å². The Balaban J connectivity index is 1.80. The summed E-state index contributed by atoms with van der Waals surface area (Å²) < 4.78 is 7.67. The highest BCUT2D eigenvalue weighted by Gasteiger charge is 2.31. The summed E-state index contributed by atoms with van der Waals surface area (Å²) in [5, 5.41) is 0.766. The molecular formula is C22H22Br2N2O2S. The van der Waals surface area contributed by atoms with Crippen LogP contribution in [0.3, 0.4) is 0 Å². The van der Waals surface area contributed by atoms with Crippen molar-refractivity contribution in [3.05, 3.63) is 66.9 Å². The van der Waals surface area contributed by atoms with Gasteiger partial charge < -0.3 is 4.74 Å². The van der Waals surface area contributed by atoms with Crippen LogP contribution in [0.25, 0.3) is 6.08 Å². The predicted molar refractivity (Wildman–Crippen MR) is 128 cm³/mol. The second-order valence-electron chi connectivity index (χ2n) is 6.50. The molecule has 1 heterocycles. The third-order valence-corrected chi connectivity index (χ3v) is 6.54. The highest BCUT2D eigenvalue weighted by Crippen LogP contribution is 2.38. The molecule has 1 amide bonds. The van der Waals surface area contributed by atoms with Crippen LogP contribution in [0.15, 0.2) is 55.2 Å². The van der Waals surface area contributed by atoms with Crippen molar-refractivity contribution in [2.24, 2.45) is 4.99 Å². The molecule has 1 aliphatic heterocycles. The number of carbonyl (C=O) groups excluding carboxylic acids is 1. The zero-order valence-corrected chi connectivity index (χ0v) is 20.5. The molecular weight excluding hydrogens is 516 g/mol. The number of aryl methyl sites for hydroxylation is 1. The Morgan fingerprint density at radius 2 is 1.79 bits per heavy atom. The fourth-order valence-corrected chi connectivity index (χ4v) is 5.39. The van der Waals surface area contributed by atoms with Gasteiger partial charge in [-0.2, -0.15) is 0 Å². The van der Waals surface area contributed by atoms with Crippen molar-refractivity contribution in [1.82, 2.24) is 4.90 Å². The first-order valence-electron chi connectivity index (χ1n) is 9.36. The number of nitrogens with zero attached hydrogens (tertiary/aromatic N) is 2. The van der Waals surface area contributed by atoms with Gasteiger partial charge in [-0.05, 0) is 93.7 Å². The number of amidine groups is 1. The lowest BCUT2D eigenvalue weighted by Gasteiger charge is -2.12. The van der Waals surface area contributed by atoms with E-state index in [4.69, 9.17) is 4.74 Å². The maximum absolute atomic E-state index is 12.7. The number of aliphatic imine (C=N–C) groups is 1. The Hall–Kier alpha value is -1.57. The van der Waals surface area contributed by atoms with Gasteiger partial charge in [0.1, 0.15) is 12.4 Å². The maximum Gasteiger partial charge on any atom is 0.266 e. The molecule has 0 atom stereocenters. The number of benzene rings is 2. The minimum absolute atomic E-state index is 0.00311. The fourth-order valence-electron chi connectivity index (χ4n) is 2.83. The van der Waals surface area contributed by atoms with Gasteiger partial charge in [-0.3, -0.25) is 14.7 Å². The standard InChI is InChI=1S/C22H22Br2N2O2S/c1-4-25-22-26(5-2)21(27)19(29-22)12-16-10-17(23)20(18(24)11-16)28-13-15-8-6-14(3)7-9-15/h6-12H,4-5,13H2,1-3H3/b19-12+,25-22?. The van der Waals surface area contributed by atoms with Gasteiger partial charge in [0.25, 0.3) is 5.91 Å². The second kappa shape index (κ2) is 9.96. The van der Waals surface area contributed by atoms with Crippen LogP contribution < -0.4 is 4.74 Å². The Morgan fingerprint density at radius 1 is 1.14 bits per heavy atom. The van der Waals surface area contributed by atoms with Gasteiger partial charge in [0.2, 0.25) is 0 Å². The van der Waals surface area contributed by atoms with Crippen LogP contribution in [0.5, 0.6) is 5.75 Å². The molecule has 2 aromatic carbocycles. The Morgan fingerprint density at radius 3 is 2.38 bits per heavy atom. The third kappa shape index (κ3) is 5.32. The quantitative estimate of drug-likeness (QED) is 0.400. The van der Waals surface area contributed by atoms with Crippen molar-refractivity contribution in [1.29, 1.82) is 0 Å². The number of rotatable bonds is 6. The predicted octanol–water partition coefficient (Wildman–Crippen LogP) is 6.41. The molecule has 29 heavy (non-hydrogen) atoms. The van der Waals surface area contributed by atoms with Gasteiger partial charge in [-0.25, -0.2) is 0 Å². The Labute approximate surface area is 192 Å². The lowest BCUT2D eigenvalue weighted by atomic mass is 10.1. The first-order valence-corrected chi connectivity index (χ1v) is 11.8. The maximum atomic E-state index is 12.7. The van der Waals surface area contributed by atoms with Gasteiger partial charge in [-0.15, -0.1) is 0 Å². The zero-order chi connectivity index (χ0) is 21.0. The minimum atomic E-state index is -0.00311. The number of halogens is 2. The molecule has 3 rings (SSSR count). The molecule has 0 aromatic heterocycles. The normalized spacial score (nSPS) is 16.9. The highest BCUT2D eigenvalue weighted by molar-refractivity contribution is 9.11. The number of hydrogen-bond acceptors (Lipinski definition) is 4. The van der Waals surface area contributed by atoms with Crippen molar-refractivity contribution >= 4 is 60.8 Å². The average molecular weight is 538 g/mol. The molecule has 152 valence electrons. The van der Waals surface area contributed by atoms with E-state index in [2.05, 4.69) is 68.0 Å². The summed E-state index contributed by atoms with van der Waals surface area (Å²) in [5.74, 6) is 0.734. The molecule has 2 aromatic rings. The highest BCUT2D eigenvalue weighted by atomic mass is 79.9.